The van der Waals surface area contributed by atoms with Crippen molar-refractivity contribution in [1.82, 2.24) is 9.97 Å². The van der Waals surface area contributed by atoms with E-state index in [1.807, 2.05) is 19.9 Å². The van der Waals surface area contributed by atoms with E-state index >= 15 is 0 Å². The highest BCUT2D eigenvalue weighted by Gasteiger charge is 2.37. The van der Waals surface area contributed by atoms with Gasteiger partial charge in [-0.25, -0.2) is 14.4 Å². The maximum Gasteiger partial charge on any atom is 0.195 e. The summed E-state index contributed by atoms with van der Waals surface area (Å²) in [6, 6.07) is 8.33. The Hall–Kier alpha value is -1.50. The number of aromatic nitrogens is 2. The van der Waals surface area contributed by atoms with Crippen molar-refractivity contribution in [1.29, 1.82) is 0 Å². The fourth-order valence-corrected chi connectivity index (χ4v) is 3.73. The molecule has 0 spiro atoms. The first kappa shape index (κ1) is 17.3. The van der Waals surface area contributed by atoms with Gasteiger partial charge in [-0.05, 0) is 38.5 Å². The lowest BCUT2D eigenvalue weighted by Gasteiger charge is -2.27. The predicted octanol–water partition coefficient (Wildman–Crippen LogP) is 4.00. The van der Waals surface area contributed by atoms with Crippen molar-refractivity contribution in [3.8, 4) is 0 Å². The molecule has 2 heterocycles. The minimum atomic E-state index is -0.752. The second kappa shape index (κ2) is 7.59. The Balaban J connectivity index is 1.60. The zero-order valence-corrected chi connectivity index (χ0v) is 14.7. The third kappa shape index (κ3) is 4.12. The third-order valence-corrected chi connectivity index (χ3v) is 4.81. The van der Waals surface area contributed by atoms with E-state index in [9.17, 15) is 4.39 Å². The van der Waals surface area contributed by atoms with Gasteiger partial charge in [0.05, 0.1) is 13.2 Å². The molecule has 1 saturated heterocycles. The lowest BCUT2D eigenvalue weighted by Crippen LogP contribution is -2.27. The van der Waals surface area contributed by atoms with Crippen LogP contribution in [-0.4, -0.2) is 28.9 Å². The summed E-state index contributed by atoms with van der Waals surface area (Å²) in [4.78, 5) is 8.87. The molecule has 1 aliphatic heterocycles. The van der Waals surface area contributed by atoms with Crippen molar-refractivity contribution in [2.45, 2.75) is 37.6 Å². The smallest absolute Gasteiger partial charge is 0.195 e. The number of hydrogen-bond donors (Lipinski definition) is 0. The molecule has 24 heavy (non-hydrogen) atoms. The molecule has 0 saturated carbocycles. The molecule has 1 aliphatic rings. The van der Waals surface area contributed by atoms with Gasteiger partial charge in [0.25, 0.3) is 0 Å². The lowest BCUT2D eigenvalue weighted by atomic mass is 10.0. The molecule has 6 heteroatoms. The van der Waals surface area contributed by atoms with E-state index in [1.54, 1.807) is 23.9 Å². The Morgan fingerprint density at radius 3 is 2.33 bits per heavy atom. The minimum Gasteiger partial charge on any atom is -0.343 e. The van der Waals surface area contributed by atoms with E-state index in [2.05, 4.69) is 9.97 Å². The summed E-state index contributed by atoms with van der Waals surface area (Å²) in [5.74, 6) is -0.134. The van der Waals surface area contributed by atoms with E-state index in [1.165, 1.54) is 12.1 Å². The predicted molar refractivity (Wildman–Crippen MR) is 91.4 cm³/mol. The number of ether oxygens (including phenoxy) is 2. The lowest BCUT2D eigenvalue weighted by molar-refractivity contribution is -0.170. The average Bonchev–Trinajstić information content (AvgIpc) is 3.01. The molecule has 1 aromatic carbocycles. The van der Waals surface area contributed by atoms with E-state index in [0.29, 0.717) is 13.2 Å². The number of thioether (sulfide) groups is 1. The Kier molecular flexibility index (Phi) is 5.48. The molecular formula is C18H21FN2O2S. The molecule has 3 rings (SSSR count). The number of aryl methyl sites for hydroxylation is 2. The summed E-state index contributed by atoms with van der Waals surface area (Å²) < 4.78 is 24.9. The minimum absolute atomic E-state index is 0.255. The van der Waals surface area contributed by atoms with E-state index < -0.39 is 5.79 Å². The zero-order valence-electron chi connectivity index (χ0n) is 13.9. The summed E-state index contributed by atoms with van der Waals surface area (Å²) in [5, 5.41) is 0.802. The van der Waals surface area contributed by atoms with Gasteiger partial charge in [0.2, 0.25) is 0 Å². The second-order valence-electron chi connectivity index (χ2n) is 5.84. The first-order valence-corrected chi connectivity index (χ1v) is 9.05. The first-order valence-electron chi connectivity index (χ1n) is 8.06. The van der Waals surface area contributed by atoms with Crippen LogP contribution >= 0.6 is 11.8 Å². The summed E-state index contributed by atoms with van der Waals surface area (Å²) in [6.07, 6.45) is 1.61. The van der Waals surface area contributed by atoms with Crippen molar-refractivity contribution in [3.63, 3.8) is 0 Å². The second-order valence-corrected chi connectivity index (χ2v) is 6.90. The Morgan fingerprint density at radius 1 is 1.08 bits per heavy atom. The van der Waals surface area contributed by atoms with Gasteiger partial charge in [0.1, 0.15) is 5.82 Å². The van der Waals surface area contributed by atoms with Crippen LogP contribution in [0.25, 0.3) is 0 Å². The van der Waals surface area contributed by atoms with Gasteiger partial charge in [0.15, 0.2) is 10.9 Å². The zero-order chi connectivity index (χ0) is 17.0. The van der Waals surface area contributed by atoms with Crippen LogP contribution in [0, 0.1) is 19.7 Å². The number of benzene rings is 1. The summed E-state index contributed by atoms with van der Waals surface area (Å²) in [7, 11) is 0. The van der Waals surface area contributed by atoms with Crippen molar-refractivity contribution in [2.75, 3.05) is 19.0 Å². The summed E-state index contributed by atoms with van der Waals surface area (Å²) in [5.41, 5.74) is 2.83. The maximum absolute atomic E-state index is 13.2. The normalized spacial score (nSPS) is 16.5. The molecule has 0 N–H and O–H groups in total. The Bertz CT molecular complexity index is 668. The highest BCUT2D eigenvalue weighted by Crippen LogP contribution is 2.36. The van der Waals surface area contributed by atoms with E-state index in [-0.39, 0.29) is 5.82 Å². The van der Waals surface area contributed by atoms with Crippen molar-refractivity contribution in [2.24, 2.45) is 0 Å². The number of halogens is 1. The summed E-state index contributed by atoms with van der Waals surface area (Å²) in [6.45, 7) is 5.07. The molecule has 0 unspecified atom stereocenters. The molecule has 4 nitrogen and oxygen atoms in total. The van der Waals surface area contributed by atoms with Crippen LogP contribution in [-0.2, 0) is 15.3 Å². The molecule has 0 radical (unpaired) electrons. The fraction of sp³-hybridized carbons (Fsp3) is 0.444. The molecular weight excluding hydrogens is 327 g/mol. The topological polar surface area (TPSA) is 44.2 Å². The maximum atomic E-state index is 13.2. The Morgan fingerprint density at radius 2 is 1.71 bits per heavy atom. The van der Waals surface area contributed by atoms with Gasteiger partial charge < -0.3 is 9.47 Å². The van der Waals surface area contributed by atoms with Crippen LogP contribution in [0.2, 0.25) is 0 Å². The van der Waals surface area contributed by atoms with Gasteiger partial charge >= 0.3 is 0 Å². The standard InChI is InChI=1S/C18H21FN2O2S/c1-13-12-14(2)21-17(20-13)24-11-3-8-18(22-9-10-23-18)15-4-6-16(19)7-5-15/h4-7,12H,3,8-11H2,1-2H3. The van der Waals surface area contributed by atoms with Crippen LogP contribution in [0.4, 0.5) is 4.39 Å². The number of hydrogen-bond acceptors (Lipinski definition) is 5. The van der Waals surface area contributed by atoms with Gasteiger partial charge in [-0.2, -0.15) is 0 Å². The molecule has 1 fully saturated rings. The average molecular weight is 348 g/mol. The molecule has 0 amide bonds. The quantitative estimate of drug-likeness (QED) is 0.448. The molecule has 0 bridgehead atoms. The van der Waals surface area contributed by atoms with E-state index in [0.717, 1.165) is 40.7 Å². The number of nitrogens with zero attached hydrogens (tertiary/aromatic N) is 2. The molecule has 0 aliphatic carbocycles. The Labute approximate surface area is 145 Å². The molecule has 2 aromatic rings. The van der Waals surface area contributed by atoms with Crippen molar-refractivity contribution < 1.29 is 13.9 Å². The van der Waals surface area contributed by atoms with E-state index in [4.69, 9.17) is 9.47 Å². The van der Waals surface area contributed by atoms with Crippen molar-refractivity contribution >= 4 is 11.8 Å². The fourth-order valence-electron chi connectivity index (χ4n) is 2.84. The monoisotopic (exact) mass is 348 g/mol. The molecule has 0 atom stereocenters. The van der Waals surface area contributed by atoms with Crippen LogP contribution < -0.4 is 0 Å². The van der Waals surface area contributed by atoms with Gasteiger partial charge in [-0.3, -0.25) is 0 Å². The SMILES string of the molecule is Cc1cc(C)nc(SCCCC2(c3ccc(F)cc3)OCCO2)n1. The van der Waals surface area contributed by atoms with Crippen LogP contribution in [0.1, 0.15) is 29.8 Å². The van der Waals surface area contributed by atoms with Crippen LogP contribution in [0.5, 0.6) is 0 Å². The van der Waals surface area contributed by atoms with Gasteiger partial charge in [-0.1, -0.05) is 23.9 Å². The van der Waals surface area contributed by atoms with Gasteiger partial charge in [0, 0.05) is 29.1 Å². The highest BCUT2D eigenvalue weighted by atomic mass is 32.2. The molecule has 1 aromatic heterocycles. The number of rotatable bonds is 6. The summed E-state index contributed by atoms with van der Waals surface area (Å²) >= 11 is 1.64. The van der Waals surface area contributed by atoms with Crippen LogP contribution in [0.3, 0.4) is 0 Å². The molecule has 128 valence electrons. The van der Waals surface area contributed by atoms with Crippen molar-refractivity contribution in [3.05, 3.63) is 53.1 Å². The van der Waals surface area contributed by atoms with Crippen LogP contribution in [0.15, 0.2) is 35.5 Å². The largest absolute Gasteiger partial charge is 0.343 e. The van der Waals surface area contributed by atoms with Gasteiger partial charge in [-0.15, -0.1) is 0 Å². The first-order chi connectivity index (χ1) is 11.6. The highest BCUT2D eigenvalue weighted by molar-refractivity contribution is 7.99. The third-order valence-electron chi connectivity index (χ3n) is 3.88.